The predicted octanol–water partition coefficient (Wildman–Crippen LogP) is 5.53. The number of rotatable bonds is 11. The molecular formula is C33H33N3O6S. The number of carbonyl (C=O) groups is 2. The predicted molar refractivity (Wildman–Crippen MR) is 165 cm³/mol. The number of para-hydroxylation sites is 2. The van der Waals surface area contributed by atoms with Gasteiger partial charge in [-0.25, -0.2) is 8.42 Å². The van der Waals surface area contributed by atoms with E-state index in [1.54, 1.807) is 60.7 Å². The van der Waals surface area contributed by atoms with Gasteiger partial charge in [0.05, 0.1) is 27.9 Å². The van der Waals surface area contributed by atoms with Crippen molar-refractivity contribution < 1.29 is 27.5 Å². The van der Waals surface area contributed by atoms with Gasteiger partial charge < -0.3 is 20.1 Å². The van der Waals surface area contributed by atoms with Crippen molar-refractivity contribution in [2.45, 2.75) is 30.8 Å². The Balaban J connectivity index is 1.37. The zero-order valence-corrected chi connectivity index (χ0v) is 24.5. The Bertz CT molecular complexity index is 1650. The van der Waals surface area contributed by atoms with Crippen molar-refractivity contribution in [1.29, 1.82) is 0 Å². The van der Waals surface area contributed by atoms with Crippen LogP contribution >= 0.6 is 0 Å². The van der Waals surface area contributed by atoms with Crippen LogP contribution in [0.25, 0.3) is 0 Å². The third-order valence-corrected chi connectivity index (χ3v) is 8.75. The normalized spacial score (nSPS) is 14.6. The molecule has 0 radical (unpaired) electrons. The maximum atomic E-state index is 13.8. The van der Waals surface area contributed by atoms with Gasteiger partial charge in [0.25, 0.3) is 15.9 Å². The second kappa shape index (κ2) is 13.5. The number of nitrogens with one attached hydrogen (secondary N) is 2. The number of sulfonamides is 1. The summed E-state index contributed by atoms with van der Waals surface area (Å²) in [4.78, 5) is 26.4. The van der Waals surface area contributed by atoms with Gasteiger partial charge in [-0.05, 0) is 80.4 Å². The number of benzene rings is 4. The molecule has 1 atom stereocenters. The van der Waals surface area contributed by atoms with E-state index in [9.17, 15) is 18.0 Å². The Morgan fingerprint density at radius 2 is 1.56 bits per heavy atom. The summed E-state index contributed by atoms with van der Waals surface area (Å²) in [5.41, 5.74) is 1.72. The number of amides is 2. The van der Waals surface area contributed by atoms with Gasteiger partial charge in [0.2, 0.25) is 5.91 Å². The zero-order valence-electron chi connectivity index (χ0n) is 23.7. The monoisotopic (exact) mass is 599 g/mol. The molecular weight excluding hydrogens is 566 g/mol. The van der Waals surface area contributed by atoms with Crippen LogP contribution in [0.2, 0.25) is 0 Å². The maximum absolute atomic E-state index is 13.8. The highest BCUT2D eigenvalue weighted by atomic mass is 32.2. The van der Waals surface area contributed by atoms with E-state index in [4.69, 9.17) is 9.47 Å². The van der Waals surface area contributed by atoms with E-state index in [-0.39, 0.29) is 33.8 Å². The summed E-state index contributed by atoms with van der Waals surface area (Å²) >= 11 is 0. The molecule has 0 bridgehead atoms. The number of hydrogen-bond acceptors (Lipinski definition) is 6. The molecule has 0 aromatic heterocycles. The summed E-state index contributed by atoms with van der Waals surface area (Å²) in [6, 6.07) is 28.7. The third-order valence-electron chi connectivity index (χ3n) is 6.96. The number of carbonyl (C=O) groups excluding carboxylic acids is 2. The molecule has 0 aliphatic carbocycles. The molecule has 0 saturated carbocycles. The second-order valence-electron chi connectivity index (χ2n) is 10.2. The molecule has 4 aromatic rings. The van der Waals surface area contributed by atoms with Crippen LogP contribution in [0.1, 0.15) is 28.8 Å². The first-order valence-corrected chi connectivity index (χ1v) is 15.4. The molecule has 9 nitrogen and oxygen atoms in total. The van der Waals surface area contributed by atoms with E-state index in [0.717, 1.165) is 22.7 Å². The highest BCUT2D eigenvalue weighted by Crippen LogP contribution is 2.28. The Kier molecular flexibility index (Phi) is 9.38. The van der Waals surface area contributed by atoms with Crippen LogP contribution in [0, 0.1) is 6.92 Å². The van der Waals surface area contributed by atoms with Crippen molar-refractivity contribution >= 4 is 33.2 Å². The molecule has 10 heteroatoms. The first-order chi connectivity index (χ1) is 20.8. The van der Waals surface area contributed by atoms with Gasteiger partial charge in [-0.3, -0.25) is 13.9 Å². The van der Waals surface area contributed by atoms with Crippen LogP contribution in [0.5, 0.6) is 11.5 Å². The minimum atomic E-state index is -4.14. The molecule has 0 spiro atoms. The molecule has 1 aliphatic heterocycles. The lowest BCUT2D eigenvalue weighted by molar-refractivity contribution is -0.114. The van der Waals surface area contributed by atoms with Crippen LogP contribution < -0.4 is 19.7 Å². The number of nitrogens with zero attached hydrogens (tertiary/aromatic N) is 1. The molecule has 1 fully saturated rings. The van der Waals surface area contributed by atoms with Crippen molar-refractivity contribution in [3.63, 3.8) is 0 Å². The molecule has 5 rings (SSSR count). The van der Waals surface area contributed by atoms with E-state index in [2.05, 4.69) is 10.6 Å². The number of aryl methyl sites for hydroxylation is 1. The first kappa shape index (κ1) is 29.8. The summed E-state index contributed by atoms with van der Waals surface area (Å²) in [7, 11) is -4.14. The molecule has 2 amide bonds. The molecule has 1 heterocycles. The van der Waals surface area contributed by atoms with Crippen LogP contribution in [0.3, 0.4) is 0 Å². The summed E-state index contributed by atoms with van der Waals surface area (Å²) < 4.78 is 40.1. The highest BCUT2D eigenvalue weighted by molar-refractivity contribution is 7.92. The lowest BCUT2D eigenvalue weighted by Gasteiger charge is -2.24. The fraction of sp³-hybridized carbons (Fsp3) is 0.212. The van der Waals surface area contributed by atoms with Crippen molar-refractivity contribution in [2.24, 2.45) is 0 Å². The van der Waals surface area contributed by atoms with E-state index in [1.165, 1.54) is 12.1 Å². The van der Waals surface area contributed by atoms with E-state index in [1.807, 2.05) is 37.3 Å². The van der Waals surface area contributed by atoms with Gasteiger partial charge in [-0.1, -0.05) is 48.0 Å². The van der Waals surface area contributed by atoms with Gasteiger partial charge in [0, 0.05) is 13.2 Å². The molecule has 0 unspecified atom stereocenters. The standard InChI is InChI=1S/C33H33N3O6S/c1-24-13-19-29(20-14-24)43(39,40)36(25-15-17-27(18-16-25)42-26-8-3-2-4-9-26)23-32(37)35-31-12-6-5-11-30(31)33(38)34-22-28-10-7-21-41-28/h2-6,8-9,11-20,28H,7,10,21-23H2,1H3,(H,34,38)(H,35,37)/t28-/m1/s1. The Morgan fingerprint density at radius 3 is 2.26 bits per heavy atom. The van der Waals surface area contributed by atoms with Gasteiger partial charge >= 0.3 is 0 Å². The molecule has 1 aliphatic rings. The molecule has 4 aromatic carbocycles. The lowest BCUT2D eigenvalue weighted by Crippen LogP contribution is -2.38. The average molecular weight is 600 g/mol. The fourth-order valence-electron chi connectivity index (χ4n) is 4.67. The van der Waals surface area contributed by atoms with Gasteiger partial charge in [-0.15, -0.1) is 0 Å². The van der Waals surface area contributed by atoms with Gasteiger partial charge in [0.1, 0.15) is 18.0 Å². The van der Waals surface area contributed by atoms with Crippen molar-refractivity contribution in [3.05, 3.63) is 114 Å². The number of ether oxygens (including phenoxy) is 2. The molecule has 43 heavy (non-hydrogen) atoms. The number of hydrogen-bond donors (Lipinski definition) is 2. The largest absolute Gasteiger partial charge is 0.457 e. The second-order valence-corrected chi connectivity index (χ2v) is 12.0. The van der Waals surface area contributed by atoms with E-state index >= 15 is 0 Å². The zero-order chi connectivity index (χ0) is 30.2. The topological polar surface area (TPSA) is 114 Å². The first-order valence-electron chi connectivity index (χ1n) is 14.0. The van der Waals surface area contributed by atoms with Gasteiger partial charge in [-0.2, -0.15) is 0 Å². The molecule has 1 saturated heterocycles. The smallest absolute Gasteiger partial charge is 0.264 e. The van der Waals surface area contributed by atoms with Crippen molar-refractivity contribution in [3.8, 4) is 11.5 Å². The Morgan fingerprint density at radius 1 is 0.884 bits per heavy atom. The van der Waals surface area contributed by atoms with Crippen LogP contribution in [0.4, 0.5) is 11.4 Å². The minimum absolute atomic E-state index is 0.0317. The summed E-state index contributed by atoms with van der Waals surface area (Å²) in [6.07, 6.45) is 1.80. The Hall–Kier alpha value is -4.67. The van der Waals surface area contributed by atoms with Crippen LogP contribution in [-0.4, -0.2) is 46.0 Å². The third kappa shape index (κ3) is 7.59. The summed E-state index contributed by atoms with van der Waals surface area (Å²) in [6.45, 7) is 2.38. The van der Waals surface area contributed by atoms with Crippen molar-refractivity contribution in [1.82, 2.24) is 5.32 Å². The lowest BCUT2D eigenvalue weighted by atomic mass is 10.1. The highest BCUT2D eigenvalue weighted by Gasteiger charge is 2.28. The molecule has 222 valence electrons. The van der Waals surface area contributed by atoms with Crippen molar-refractivity contribution in [2.75, 3.05) is 29.3 Å². The Labute approximate surface area is 251 Å². The van der Waals surface area contributed by atoms with Gasteiger partial charge in [0.15, 0.2) is 0 Å². The average Bonchev–Trinajstić information content (AvgIpc) is 3.54. The van der Waals surface area contributed by atoms with E-state index in [0.29, 0.717) is 24.7 Å². The number of anilines is 2. The summed E-state index contributed by atoms with van der Waals surface area (Å²) in [5, 5.41) is 5.60. The maximum Gasteiger partial charge on any atom is 0.264 e. The molecule has 2 N–H and O–H groups in total. The van der Waals surface area contributed by atoms with Crippen LogP contribution in [0.15, 0.2) is 108 Å². The summed E-state index contributed by atoms with van der Waals surface area (Å²) in [5.74, 6) is 0.177. The minimum Gasteiger partial charge on any atom is -0.457 e. The van der Waals surface area contributed by atoms with Crippen LogP contribution in [-0.2, 0) is 19.6 Å². The SMILES string of the molecule is Cc1ccc(S(=O)(=O)N(CC(=O)Nc2ccccc2C(=O)NC[C@H]2CCCO2)c2ccc(Oc3ccccc3)cc2)cc1. The quantitative estimate of drug-likeness (QED) is 0.234. The van der Waals surface area contributed by atoms with E-state index < -0.39 is 22.5 Å². The fourth-order valence-corrected chi connectivity index (χ4v) is 6.10.